The quantitative estimate of drug-likeness (QED) is 0.692. The van der Waals surface area contributed by atoms with Crippen molar-refractivity contribution in [2.75, 3.05) is 19.8 Å². The number of aromatic nitrogens is 1. The van der Waals surface area contributed by atoms with Gasteiger partial charge in [0.15, 0.2) is 18.1 Å². The number of carboxylic acid groups (broad SMARTS) is 1. The Morgan fingerprint density at radius 2 is 2.00 bits per heavy atom. The molecule has 146 valence electrons. The summed E-state index contributed by atoms with van der Waals surface area (Å²) in [5.41, 5.74) is 2.20. The summed E-state index contributed by atoms with van der Waals surface area (Å²) in [6, 6.07) is 4.63. The van der Waals surface area contributed by atoms with Gasteiger partial charge in [0.1, 0.15) is 5.76 Å². The standard InChI is InChI=1S/C19H24N2O6/c1-5-25-16-8-14(6-7-15(16)26-10-17(22)23)19(24)20-9-11(2)18-12(3)21-27-13(18)4/h6-8,11H,5,9-10H2,1-4H3,(H,20,24)(H,22,23). The van der Waals surface area contributed by atoms with E-state index in [2.05, 4.69) is 10.5 Å². The van der Waals surface area contributed by atoms with Crippen LogP contribution in [-0.2, 0) is 4.79 Å². The van der Waals surface area contributed by atoms with Crippen molar-refractivity contribution in [1.29, 1.82) is 0 Å². The summed E-state index contributed by atoms with van der Waals surface area (Å²) in [4.78, 5) is 23.2. The van der Waals surface area contributed by atoms with E-state index in [4.69, 9.17) is 19.1 Å². The van der Waals surface area contributed by atoms with Crippen molar-refractivity contribution >= 4 is 11.9 Å². The second-order valence-electron chi connectivity index (χ2n) is 6.13. The van der Waals surface area contributed by atoms with Crippen molar-refractivity contribution < 1.29 is 28.7 Å². The summed E-state index contributed by atoms with van der Waals surface area (Å²) in [7, 11) is 0. The van der Waals surface area contributed by atoms with Crippen molar-refractivity contribution in [3.05, 3.63) is 40.8 Å². The van der Waals surface area contributed by atoms with Crippen molar-refractivity contribution in [1.82, 2.24) is 10.5 Å². The van der Waals surface area contributed by atoms with Gasteiger partial charge in [-0.2, -0.15) is 0 Å². The van der Waals surface area contributed by atoms with E-state index in [0.717, 1.165) is 17.0 Å². The lowest BCUT2D eigenvalue weighted by molar-refractivity contribution is -0.139. The van der Waals surface area contributed by atoms with Crippen molar-refractivity contribution in [2.24, 2.45) is 0 Å². The summed E-state index contributed by atoms with van der Waals surface area (Å²) >= 11 is 0. The van der Waals surface area contributed by atoms with E-state index in [1.165, 1.54) is 12.1 Å². The number of nitrogens with one attached hydrogen (secondary N) is 1. The van der Waals surface area contributed by atoms with Crippen LogP contribution in [0.3, 0.4) is 0 Å². The fourth-order valence-corrected chi connectivity index (χ4v) is 2.82. The number of hydrogen-bond donors (Lipinski definition) is 2. The Bertz CT molecular complexity index is 795. The highest BCUT2D eigenvalue weighted by molar-refractivity contribution is 5.95. The predicted molar refractivity (Wildman–Crippen MR) is 97.5 cm³/mol. The van der Waals surface area contributed by atoms with Crippen LogP contribution in [0.25, 0.3) is 0 Å². The molecular weight excluding hydrogens is 352 g/mol. The zero-order valence-electron chi connectivity index (χ0n) is 15.9. The van der Waals surface area contributed by atoms with Crippen LogP contribution in [-0.4, -0.2) is 41.9 Å². The predicted octanol–water partition coefficient (Wildman–Crippen LogP) is 2.69. The normalized spacial score (nSPS) is 11.7. The molecule has 1 amide bonds. The SMILES string of the molecule is CCOc1cc(C(=O)NCC(C)c2c(C)noc2C)ccc1OCC(=O)O. The van der Waals surface area contributed by atoms with Crippen LogP contribution in [0.4, 0.5) is 0 Å². The highest BCUT2D eigenvalue weighted by Gasteiger charge is 2.18. The zero-order valence-corrected chi connectivity index (χ0v) is 15.9. The molecule has 0 aliphatic rings. The van der Waals surface area contributed by atoms with Gasteiger partial charge in [-0.1, -0.05) is 12.1 Å². The van der Waals surface area contributed by atoms with E-state index in [9.17, 15) is 9.59 Å². The number of hydrogen-bond acceptors (Lipinski definition) is 6. The number of amides is 1. The maximum Gasteiger partial charge on any atom is 0.341 e. The smallest absolute Gasteiger partial charge is 0.341 e. The third kappa shape index (κ3) is 5.22. The lowest BCUT2D eigenvalue weighted by atomic mass is 9.99. The molecular formula is C19H24N2O6. The Morgan fingerprint density at radius 1 is 1.26 bits per heavy atom. The Kier molecular flexibility index (Phi) is 6.81. The number of nitrogens with zero attached hydrogens (tertiary/aromatic N) is 1. The highest BCUT2D eigenvalue weighted by Crippen LogP contribution is 2.29. The van der Waals surface area contributed by atoms with Gasteiger partial charge in [0.05, 0.1) is 12.3 Å². The summed E-state index contributed by atoms with van der Waals surface area (Å²) in [6.45, 7) is 7.79. The van der Waals surface area contributed by atoms with Gasteiger partial charge in [0, 0.05) is 23.6 Å². The van der Waals surface area contributed by atoms with Crippen LogP contribution in [0.15, 0.2) is 22.7 Å². The van der Waals surface area contributed by atoms with E-state index in [1.54, 1.807) is 13.0 Å². The second-order valence-corrected chi connectivity index (χ2v) is 6.13. The number of benzene rings is 1. The molecule has 0 aliphatic carbocycles. The average molecular weight is 376 g/mol. The van der Waals surface area contributed by atoms with E-state index in [1.807, 2.05) is 20.8 Å². The topological polar surface area (TPSA) is 111 Å². The second kappa shape index (κ2) is 9.07. The molecule has 2 N–H and O–H groups in total. The minimum atomic E-state index is -1.09. The first-order valence-electron chi connectivity index (χ1n) is 8.65. The third-order valence-corrected chi connectivity index (χ3v) is 4.01. The molecule has 2 aromatic rings. The number of rotatable bonds is 9. The number of carbonyl (C=O) groups excluding carboxylic acids is 1. The fourth-order valence-electron chi connectivity index (χ4n) is 2.82. The van der Waals surface area contributed by atoms with Gasteiger partial charge in [0.25, 0.3) is 5.91 Å². The van der Waals surface area contributed by atoms with Gasteiger partial charge >= 0.3 is 5.97 Å². The average Bonchev–Trinajstić information content (AvgIpc) is 2.97. The molecule has 0 saturated carbocycles. The lowest BCUT2D eigenvalue weighted by Gasteiger charge is -2.14. The van der Waals surface area contributed by atoms with E-state index in [0.29, 0.717) is 24.5 Å². The molecule has 8 nitrogen and oxygen atoms in total. The molecule has 2 rings (SSSR count). The van der Waals surface area contributed by atoms with Gasteiger partial charge in [-0.15, -0.1) is 0 Å². The number of ether oxygens (including phenoxy) is 2. The van der Waals surface area contributed by atoms with Crippen molar-refractivity contribution in [3.63, 3.8) is 0 Å². The monoisotopic (exact) mass is 376 g/mol. The lowest BCUT2D eigenvalue weighted by Crippen LogP contribution is -2.27. The minimum Gasteiger partial charge on any atom is -0.490 e. The van der Waals surface area contributed by atoms with E-state index >= 15 is 0 Å². The van der Waals surface area contributed by atoms with E-state index < -0.39 is 12.6 Å². The van der Waals surface area contributed by atoms with E-state index in [-0.39, 0.29) is 17.6 Å². The first-order chi connectivity index (χ1) is 12.8. The molecule has 0 saturated heterocycles. The minimum absolute atomic E-state index is 0.0461. The molecule has 1 aromatic heterocycles. The van der Waals surface area contributed by atoms with Gasteiger partial charge in [-0.25, -0.2) is 4.79 Å². The largest absolute Gasteiger partial charge is 0.490 e. The summed E-state index contributed by atoms with van der Waals surface area (Å²) < 4.78 is 15.8. The molecule has 1 unspecified atom stereocenters. The van der Waals surface area contributed by atoms with Crippen LogP contribution in [0.1, 0.15) is 47.1 Å². The molecule has 0 radical (unpaired) electrons. The molecule has 0 bridgehead atoms. The molecule has 0 aliphatic heterocycles. The zero-order chi connectivity index (χ0) is 20.0. The highest BCUT2D eigenvalue weighted by atomic mass is 16.5. The Hall–Kier alpha value is -3.03. The maximum absolute atomic E-state index is 12.5. The summed E-state index contributed by atoms with van der Waals surface area (Å²) in [6.07, 6.45) is 0. The first kappa shape index (κ1) is 20.3. The van der Waals surface area contributed by atoms with Gasteiger partial charge in [-0.3, -0.25) is 4.79 Å². The molecule has 0 spiro atoms. The Balaban J connectivity index is 2.07. The fraction of sp³-hybridized carbons (Fsp3) is 0.421. The first-order valence-corrected chi connectivity index (χ1v) is 8.65. The molecule has 8 heteroatoms. The van der Waals surface area contributed by atoms with Crippen molar-refractivity contribution in [3.8, 4) is 11.5 Å². The molecule has 1 atom stereocenters. The van der Waals surface area contributed by atoms with Crippen LogP contribution >= 0.6 is 0 Å². The van der Waals surface area contributed by atoms with Crippen LogP contribution in [0.2, 0.25) is 0 Å². The molecule has 1 heterocycles. The summed E-state index contributed by atoms with van der Waals surface area (Å²) in [5.74, 6) is 0.0366. The number of aliphatic carboxylic acids is 1. The van der Waals surface area contributed by atoms with Gasteiger partial charge in [-0.05, 0) is 39.0 Å². The molecule has 0 fully saturated rings. The van der Waals surface area contributed by atoms with Crippen molar-refractivity contribution in [2.45, 2.75) is 33.6 Å². The van der Waals surface area contributed by atoms with Crippen LogP contribution < -0.4 is 14.8 Å². The maximum atomic E-state index is 12.5. The number of carboxylic acids is 1. The molecule has 27 heavy (non-hydrogen) atoms. The van der Waals surface area contributed by atoms with Gasteiger partial charge in [0.2, 0.25) is 0 Å². The van der Waals surface area contributed by atoms with Crippen LogP contribution in [0.5, 0.6) is 11.5 Å². The molecule has 1 aromatic carbocycles. The Labute approximate surface area is 157 Å². The number of aryl methyl sites for hydroxylation is 2. The summed E-state index contributed by atoms with van der Waals surface area (Å²) in [5, 5.41) is 15.6. The Morgan fingerprint density at radius 3 is 2.59 bits per heavy atom. The number of carbonyl (C=O) groups is 2. The van der Waals surface area contributed by atoms with Gasteiger partial charge < -0.3 is 24.4 Å². The van der Waals surface area contributed by atoms with Crippen LogP contribution in [0, 0.1) is 13.8 Å². The third-order valence-electron chi connectivity index (χ3n) is 4.01.